The Morgan fingerprint density at radius 1 is 1.15 bits per heavy atom. The van der Waals surface area contributed by atoms with Gasteiger partial charge in [-0.1, -0.05) is 0 Å². The summed E-state index contributed by atoms with van der Waals surface area (Å²) in [5.74, 6) is -2.17. The Balaban J connectivity index is 2.43. The van der Waals surface area contributed by atoms with Crippen molar-refractivity contribution in [2.75, 3.05) is 0 Å². The SMILES string of the molecule is Cc1cnc(C(=O)c2ccc(F)c(C(F)(F)F)c2)cn1. The fourth-order valence-corrected chi connectivity index (χ4v) is 1.54. The molecule has 0 aliphatic heterocycles. The van der Waals surface area contributed by atoms with Gasteiger partial charge >= 0.3 is 6.18 Å². The van der Waals surface area contributed by atoms with E-state index < -0.39 is 23.3 Å². The molecule has 0 atom stereocenters. The topological polar surface area (TPSA) is 42.9 Å². The van der Waals surface area contributed by atoms with Crippen molar-refractivity contribution >= 4 is 5.78 Å². The zero-order valence-corrected chi connectivity index (χ0v) is 10.2. The number of hydrogen-bond acceptors (Lipinski definition) is 3. The lowest BCUT2D eigenvalue weighted by molar-refractivity contribution is -0.140. The number of hydrogen-bond donors (Lipinski definition) is 0. The molecule has 0 bridgehead atoms. The lowest BCUT2D eigenvalue weighted by Gasteiger charge is -2.09. The van der Waals surface area contributed by atoms with Crippen molar-refractivity contribution in [3.63, 3.8) is 0 Å². The predicted octanol–water partition coefficient (Wildman–Crippen LogP) is 3.17. The number of rotatable bonds is 2. The molecule has 0 saturated heterocycles. The summed E-state index contributed by atoms with van der Waals surface area (Å²) < 4.78 is 50.8. The minimum atomic E-state index is -4.86. The van der Waals surface area contributed by atoms with Crippen LogP contribution in [0.25, 0.3) is 0 Å². The van der Waals surface area contributed by atoms with E-state index in [4.69, 9.17) is 0 Å². The monoisotopic (exact) mass is 284 g/mol. The van der Waals surface area contributed by atoms with E-state index >= 15 is 0 Å². The van der Waals surface area contributed by atoms with Crippen LogP contribution in [-0.4, -0.2) is 15.8 Å². The molecule has 2 rings (SSSR count). The summed E-state index contributed by atoms with van der Waals surface area (Å²) in [6, 6.07) is 2.06. The normalized spacial score (nSPS) is 11.4. The maximum Gasteiger partial charge on any atom is 0.419 e. The minimum Gasteiger partial charge on any atom is -0.287 e. The van der Waals surface area contributed by atoms with Gasteiger partial charge in [0.05, 0.1) is 17.5 Å². The van der Waals surface area contributed by atoms with E-state index in [1.165, 1.54) is 6.20 Å². The first-order chi connectivity index (χ1) is 9.29. The van der Waals surface area contributed by atoms with Gasteiger partial charge in [-0.15, -0.1) is 0 Å². The van der Waals surface area contributed by atoms with E-state index in [1.54, 1.807) is 6.92 Å². The molecular formula is C13H8F4N2O. The van der Waals surface area contributed by atoms with Crippen molar-refractivity contribution in [2.24, 2.45) is 0 Å². The number of ketones is 1. The third-order valence-electron chi connectivity index (χ3n) is 2.55. The summed E-state index contributed by atoms with van der Waals surface area (Å²) in [5.41, 5.74) is -1.31. The van der Waals surface area contributed by atoms with Gasteiger partial charge < -0.3 is 0 Å². The van der Waals surface area contributed by atoms with Crippen molar-refractivity contribution in [2.45, 2.75) is 13.1 Å². The zero-order chi connectivity index (χ0) is 14.9. The van der Waals surface area contributed by atoms with Crippen LogP contribution in [0.15, 0.2) is 30.6 Å². The van der Waals surface area contributed by atoms with E-state index in [0.717, 1.165) is 12.3 Å². The summed E-state index contributed by atoms with van der Waals surface area (Å²) in [6.07, 6.45) is -2.38. The standard InChI is InChI=1S/C13H8F4N2O/c1-7-5-19-11(6-18-7)12(20)8-2-3-10(14)9(4-8)13(15,16)17/h2-6H,1H3. The van der Waals surface area contributed by atoms with Crippen molar-refractivity contribution in [3.05, 3.63) is 58.9 Å². The summed E-state index contributed by atoms with van der Waals surface area (Å²) in [6.45, 7) is 1.65. The summed E-state index contributed by atoms with van der Waals surface area (Å²) in [4.78, 5) is 19.6. The number of nitrogens with zero attached hydrogens (tertiary/aromatic N) is 2. The second kappa shape index (κ2) is 4.99. The van der Waals surface area contributed by atoms with E-state index in [9.17, 15) is 22.4 Å². The molecule has 0 aliphatic carbocycles. The van der Waals surface area contributed by atoms with Gasteiger partial charge in [0.1, 0.15) is 11.5 Å². The Bertz CT molecular complexity index is 650. The lowest BCUT2D eigenvalue weighted by atomic mass is 10.0. The van der Waals surface area contributed by atoms with Gasteiger partial charge in [0, 0.05) is 11.8 Å². The van der Waals surface area contributed by atoms with E-state index in [-0.39, 0.29) is 11.3 Å². The van der Waals surface area contributed by atoms with Gasteiger partial charge in [0.2, 0.25) is 5.78 Å². The first-order valence-corrected chi connectivity index (χ1v) is 5.49. The average molecular weight is 284 g/mol. The number of halogens is 4. The lowest BCUT2D eigenvalue weighted by Crippen LogP contribution is -2.11. The highest BCUT2D eigenvalue weighted by Gasteiger charge is 2.34. The highest BCUT2D eigenvalue weighted by atomic mass is 19.4. The number of aromatic nitrogens is 2. The maximum absolute atomic E-state index is 13.1. The first kappa shape index (κ1) is 14.1. The Hall–Kier alpha value is -2.31. The van der Waals surface area contributed by atoms with Crippen LogP contribution >= 0.6 is 0 Å². The molecule has 20 heavy (non-hydrogen) atoms. The van der Waals surface area contributed by atoms with Crippen LogP contribution in [0.4, 0.5) is 17.6 Å². The fourth-order valence-electron chi connectivity index (χ4n) is 1.54. The molecule has 0 fully saturated rings. The molecule has 104 valence electrons. The van der Waals surface area contributed by atoms with Crippen LogP contribution in [0, 0.1) is 12.7 Å². The molecule has 0 amide bonds. The third-order valence-corrected chi connectivity index (χ3v) is 2.55. The molecule has 0 unspecified atom stereocenters. The molecule has 0 radical (unpaired) electrons. The number of alkyl halides is 3. The van der Waals surface area contributed by atoms with Crippen LogP contribution in [0.3, 0.4) is 0 Å². The van der Waals surface area contributed by atoms with Crippen molar-refractivity contribution in [3.8, 4) is 0 Å². The molecule has 1 aromatic heterocycles. The van der Waals surface area contributed by atoms with Crippen LogP contribution < -0.4 is 0 Å². The maximum atomic E-state index is 13.1. The molecule has 0 saturated carbocycles. The Labute approximate surface area is 111 Å². The molecule has 0 aliphatic rings. The Morgan fingerprint density at radius 2 is 1.85 bits per heavy atom. The molecule has 1 aromatic carbocycles. The molecule has 0 spiro atoms. The third kappa shape index (κ3) is 2.81. The molecular weight excluding hydrogens is 276 g/mol. The largest absolute Gasteiger partial charge is 0.419 e. The molecule has 3 nitrogen and oxygen atoms in total. The van der Waals surface area contributed by atoms with Crippen molar-refractivity contribution in [1.82, 2.24) is 9.97 Å². The minimum absolute atomic E-state index is 0.102. The van der Waals surface area contributed by atoms with E-state index in [2.05, 4.69) is 9.97 Å². The van der Waals surface area contributed by atoms with Gasteiger partial charge in [-0.3, -0.25) is 9.78 Å². The predicted molar refractivity (Wildman–Crippen MR) is 61.6 cm³/mol. The second-order valence-corrected chi connectivity index (χ2v) is 4.06. The summed E-state index contributed by atoms with van der Waals surface area (Å²) in [5, 5.41) is 0. The smallest absolute Gasteiger partial charge is 0.287 e. The second-order valence-electron chi connectivity index (χ2n) is 4.06. The van der Waals surface area contributed by atoms with Crippen LogP contribution in [0.2, 0.25) is 0 Å². The van der Waals surface area contributed by atoms with Crippen molar-refractivity contribution in [1.29, 1.82) is 0 Å². The van der Waals surface area contributed by atoms with E-state index in [0.29, 0.717) is 17.8 Å². The first-order valence-electron chi connectivity index (χ1n) is 5.49. The number of carbonyl (C=O) groups is 1. The molecule has 1 heterocycles. The summed E-state index contributed by atoms with van der Waals surface area (Å²) >= 11 is 0. The average Bonchev–Trinajstić information content (AvgIpc) is 2.38. The Morgan fingerprint density at radius 3 is 2.40 bits per heavy atom. The van der Waals surface area contributed by atoms with Crippen LogP contribution in [0.5, 0.6) is 0 Å². The van der Waals surface area contributed by atoms with E-state index in [1.807, 2.05) is 0 Å². The number of carbonyl (C=O) groups excluding carboxylic acids is 1. The van der Waals surface area contributed by atoms with Gasteiger partial charge in [-0.2, -0.15) is 13.2 Å². The summed E-state index contributed by atoms with van der Waals surface area (Å²) in [7, 11) is 0. The zero-order valence-electron chi connectivity index (χ0n) is 10.2. The van der Waals surface area contributed by atoms with Gasteiger partial charge in [-0.05, 0) is 25.1 Å². The molecule has 7 heteroatoms. The van der Waals surface area contributed by atoms with Crippen molar-refractivity contribution < 1.29 is 22.4 Å². The van der Waals surface area contributed by atoms with Gasteiger partial charge in [0.25, 0.3) is 0 Å². The molecule has 2 aromatic rings. The highest BCUT2D eigenvalue weighted by molar-refractivity contribution is 6.07. The quantitative estimate of drug-likeness (QED) is 0.628. The Kier molecular flexibility index (Phi) is 3.52. The van der Waals surface area contributed by atoms with Crippen LogP contribution in [0.1, 0.15) is 27.3 Å². The van der Waals surface area contributed by atoms with Crippen LogP contribution in [-0.2, 0) is 6.18 Å². The van der Waals surface area contributed by atoms with Gasteiger partial charge in [0.15, 0.2) is 0 Å². The number of benzene rings is 1. The fraction of sp³-hybridized carbons (Fsp3) is 0.154. The molecule has 0 N–H and O–H groups in total. The number of aryl methyl sites for hydroxylation is 1. The highest BCUT2D eigenvalue weighted by Crippen LogP contribution is 2.32. The van der Waals surface area contributed by atoms with Gasteiger partial charge in [-0.25, -0.2) is 9.37 Å².